The third-order valence-corrected chi connectivity index (χ3v) is 3.67. The zero-order chi connectivity index (χ0) is 13.7. The molecule has 1 fully saturated rings. The van der Waals surface area contributed by atoms with Crippen LogP contribution in [0, 0.1) is 0 Å². The smallest absolute Gasteiger partial charge is 0.120 e. The first-order chi connectivity index (χ1) is 9.16. The zero-order valence-electron chi connectivity index (χ0n) is 11.4. The first kappa shape index (κ1) is 14.2. The van der Waals surface area contributed by atoms with Crippen molar-refractivity contribution in [3.05, 3.63) is 23.8 Å². The number of phenols is 2. The second kappa shape index (κ2) is 6.78. The van der Waals surface area contributed by atoms with Crippen LogP contribution in [0.3, 0.4) is 0 Å². The summed E-state index contributed by atoms with van der Waals surface area (Å²) in [6.45, 7) is 3.71. The molecule has 0 bridgehead atoms. The van der Waals surface area contributed by atoms with Crippen LogP contribution in [0.25, 0.3) is 0 Å². The third kappa shape index (κ3) is 4.11. The second-order valence-corrected chi connectivity index (χ2v) is 5.20. The number of nitrogens with one attached hydrogen (secondary N) is 1. The quantitative estimate of drug-likeness (QED) is 0.716. The summed E-state index contributed by atoms with van der Waals surface area (Å²) in [4.78, 5) is 0. The van der Waals surface area contributed by atoms with Crippen LogP contribution in [0.1, 0.15) is 44.2 Å². The number of hydrogen-bond donors (Lipinski definition) is 3. The summed E-state index contributed by atoms with van der Waals surface area (Å²) >= 11 is 0. The number of phenolic OH excluding ortho intramolecular Hbond substituents is 2. The van der Waals surface area contributed by atoms with Crippen molar-refractivity contribution >= 4 is 0 Å². The van der Waals surface area contributed by atoms with Crippen molar-refractivity contribution in [2.24, 2.45) is 0 Å². The Kier molecular flexibility index (Phi) is 5.05. The maximum absolute atomic E-state index is 9.78. The van der Waals surface area contributed by atoms with Crippen LogP contribution in [-0.2, 0) is 4.74 Å². The molecule has 1 heterocycles. The zero-order valence-corrected chi connectivity index (χ0v) is 11.4. The lowest BCUT2D eigenvalue weighted by Gasteiger charge is -2.23. The fourth-order valence-corrected chi connectivity index (χ4v) is 2.49. The highest BCUT2D eigenvalue weighted by Crippen LogP contribution is 2.27. The van der Waals surface area contributed by atoms with Gasteiger partial charge in [-0.15, -0.1) is 0 Å². The van der Waals surface area contributed by atoms with Gasteiger partial charge in [-0.2, -0.15) is 0 Å². The Hall–Kier alpha value is -1.26. The molecule has 0 aromatic heterocycles. The van der Waals surface area contributed by atoms with E-state index in [1.807, 2.05) is 6.92 Å². The molecular weight excluding hydrogens is 242 g/mol. The number of rotatable bonds is 5. The Labute approximate surface area is 114 Å². The fraction of sp³-hybridized carbons (Fsp3) is 0.600. The van der Waals surface area contributed by atoms with Crippen molar-refractivity contribution in [3.63, 3.8) is 0 Å². The van der Waals surface area contributed by atoms with Gasteiger partial charge in [0.05, 0.1) is 6.10 Å². The van der Waals surface area contributed by atoms with Crippen LogP contribution in [0.4, 0.5) is 0 Å². The molecule has 0 amide bonds. The van der Waals surface area contributed by atoms with Crippen LogP contribution in [0.5, 0.6) is 11.5 Å². The summed E-state index contributed by atoms with van der Waals surface area (Å²) in [5.74, 6) is 0.392. The van der Waals surface area contributed by atoms with Gasteiger partial charge in [0.15, 0.2) is 0 Å². The SMILES string of the molecule is CC(NCCC1CCCCO1)c1cc(O)ccc1O. The minimum Gasteiger partial charge on any atom is -0.508 e. The summed E-state index contributed by atoms with van der Waals surface area (Å²) in [5.41, 5.74) is 0.726. The van der Waals surface area contributed by atoms with Gasteiger partial charge in [-0.05, 0) is 57.4 Å². The van der Waals surface area contributed by atoms with Crippen molar-refractivity contribution in [3.8, 4) is 11.5 Å². The van der Waals surface area contributed by atoms with Crippen LogP contribution in [0.2, 0.25) is 0 Å². The average molecular weight is 265 g/mol. The Balaban J connectivity index is 1.80. The van der Waals surface area contributed by atoms with Crippen molar-refractivity contribution < 1.29 is 14.9 Å². The molecule has 2 atom stereocenters. The molecule has 1 aromatic carbocycles. The van der Waals surface area contributed by atoms with E-state index in [0.29, 0.717) is 6.10 Å². The Morgan fingerprint density at radius 1 is 1.37 bits per heavy atom. The van der Waals surface area contributed by atoms with E-state index in [4.69, 9.17) is 4.74 Å². The molecule has 2 rings (SSSR count). The Morgan fingerprint density at radius 2 is 2.21 bits per heavy atom. The van der Waals surface area contributed by atoms with Crippen molar-refractivity contribution in [2.45, 2.75) is 44.8 Å². The molecule has 0 aliphatic carbocycles. The summed E-state index contributed by atoms with van der Waals surface area (Å²) < 4.78 is 5.68. The third-order valence-electron chi connectivity index (χ3n) is 3.67. The van der Waals surface area contributed by atoms with E-state index in [2.05, 4.69) is 5.32 Å². The highest BCUT2D eigenvalue weighted by atomic mass is 16.5. The number of hydrogen-bond acceptors (Lipinski definition) is 4. The van der Waals surface area contributed by atoms with Crippen molar-refractivity contribution in [1.82, 2.24) is 5.32 Å². The minimum absolute atomic E-state index is 0.00990. The monoisotopic (exact) mass is 265 g/mol. The molecule has 1 aliphatic heterocycles. The van der Waals surface area contributed by atoms with E-state index >= 15 is 0 Å². The first-order valence-electron chi connectivity index (χ1n) is 7.03. The van der Waals surface area contributed by atoms with Gasteiger partial charge in [0, 0.05) is 18.2 Å². The molecule has 1 aliphatic rings. The number of benzene rings is 1. The summed E-state index contributed by atoms with van der Waals surface area (Å²) in [6, 6.07) is 4.62. The maximum atomic E-state index is 9.78. The van der Waals surface area contributed by atoms with Gasteiger partial charge in [-0.1, -0.05) is 0 Å². The summed E-state index contributed by atoms with van der Waals surface area (Å²) in [6.07, 6.45) is 4.94. The largest absolute Gasteiger partial charge is 0.508 e. The van der Waals surface area contributed by atoms with Crippen LogP contribution >= 0.6 is 0 Å². The average Bonchev–Trinajstić information content (AvgIpc) is 2.42. The molecule has 0 saturated carbocycles. The topological polar surface area (TPSA) is 61.7 Å². The van der Waals surface area contributed by atoms with Gasteiger partial charge in [0.2, 0.25) is 0 Å². The molecule has 4 nitrogen and oxygen atoms in total. The molecule has 3 N–H and O–H groups in total. The van der Waals surface area contributed by atoms with Crippen LogP contribution in [-0.4, -0.2) is 29.5 Å². The summed E-state index contributed by atoms with van der Waals surface area (Å²) in [7, 11) is 0. The van der Waals surface area contributed by atoms with Gasteiger partial charge < -0.3 is 20.3 Å². The molecule has 4 heteroatoms. The van der Waals surface area contributed by atoms with Gasteiger partial charge in [0.1, 0.15) is 11.5 Å². The van der Waals surface area contributed by atoms with E-state index in [1.54, 1.807) is 6.07 Å². The van der Waals surface area contributed by atoms with E-state index in [-0.39, 0.29) is 17.5 Å². The molecule has 1 aromatic rings. The molecule has 0 spiro atoms. The second-order valence-electron chi connectivity index (χ2n) is 5.20. The predicted octanol–water partition coefficient (Wildman–Crippen LogP) is 2.71. The summed E-state index contributed by atoms with van der Waals surface area (Å²) in [5, 5.41) is 22.6. The van der Waals surface area contributed by atoms with E-state index in [1.165, 1.54) is 25.0 Å². The standard InChI is InChI=1S/C15H23NO3/c1-11(14-10-12(17)5-6-15(14)18)16-8-7-13-4-2-3-9-19-13/h5-6,10-11,13,16-18H,2-4,7-9H2,1H3. The van der Waals surface area contributed by atoms with Gasteiger partial charge in [0.25, 0.3) is 0 Å². The van der Waals surface area contributed by atoms with Gasteiger partial charge in [-0.3, -0.25) is 0 Å². The van der Waals surface area contributed by atoms with E-state index in [0.717, 1.165) is 31.6 Å². The van der Waals surface area contributed by atoms with E-state index < -0.39 is 0 Å². The maximum Gasteiger partial charge on any atom is 0.120 e. The molecule has 0 radical (unpaired) electrons. The predicted molar refractivity (Wildman–Crippen MR) is 74.4 cm³/mol. The minimum atomic E-state index is 0.00990. The van der Waals surface area contributed by atoms with E-state index in [9.17, 15) is 10.2 Å². The normalized spacial score (nSPS) is 21.2. The number of aromatic hydroxyl groups is 2. The fourth-order valence-electron chi connectivity index (χ4n) is 2.49. The highest BCUT2D eigenvalue weighted by molar-refractivity contribution is 5.40. The number of ether oxygens (including phenoxy) is 1. The molecular formula is C15H23NO3. The molecule has 2 unspecified atom stereocenters. The van der Waals surface area contributed by atoms with Crippen LogP contribution in [0.15, 0.2) is 18.2 Å². The van der Waals surface area contributed by atoms with Gasteiger partial charge >= 0.3 is 0 Å². The Bertz CT molecular complexity index is 402. The lowest BCUT2D eigenvalue weighted by Crippen LogP contribution is -2.27. The van der Waals surface area contributed by atoms with Crippen LogP contribution < -0.4 is 5.32 Å². The van der Waals surface area contributed by atoms with Crippen molar-refractivity contribution in [2.75, 3.05) is 13.2 Å². The lowest BCUT2D eigenvalue weighted by atomic mass is 10.0. The Morgan fingerprint density at radius 3 is 2.95 bits per heavy atom. The molecule has 1 saturated heterocycles. The van der Waals surface area contributed by atoms with Gasteiger partial charge in [-0.25, -0.2) is 0 Å². The highest BCUT2D eigenvalue weighted by Gasteiger charge is 2.15. The molecule has 19 heavy (non-hydrogen) atoms. The van der Waals surface area contributed by atoms with Crippen molar-refractivity contribution in [1.29, 1.82) is 0 Å². The first-order valence-corrected chi connectivity index (χ1v) is 7.03. The lowest BCUT2D eigenvalue weighted by molar-refractivity contribution is 0.0112. The molecule has 106 valence electrons.